The maximum absolute atomic E-state index is 4.46. The number of para-hydroxylation sites is 1. The summed E-state index contributed by atoms with van der Waals surface area (Å²) in [6.45, 7) is 2.99. The van der Waals surface area contributed by atoms with E-state index in [1.165, 1.54) is 11.1 Å². The van der Waals surface area contributed by atoms with E-state index in [-0.39, 0.29) is 0 Å². The Morgan fingerprint density at radius 1 is 1.16 bits per heavy atom. The number of aliphatic imine (C=N–C) groups is 1. The molecule has 0 aliphatic carbocycles. The van der Waals surface area contributed by atoms with Crippen molar-refractivity contribution in [3.63, 3.8) is 0 Å². The summed E-state index contributed by atoms with van der Waals surface area (Å²) < 4.78 is 0. The molecule has 3 rings (SSSR count). The minimum atomic E-state index is 0.813. The van der Waals surface area contributed by atoms with Crippen molar-refractivity contribution >= 4 is 17.7 Å². The predicted octanol–water partition coefficient (Wildman–Crippen LogP) is 3.43. The number of hydrogen-bond acceptors (Lipinski definition) is 3. The van der Waals surface area contributed by atoms with Gasteiger partial charge in [-0.2, -0.15) is 0 Å². The number of hydrazine groups is 1. The Kier molecular flexibility index (Phi) is 3.19. The van der Waals surface area contributed by atoms with Crippen LogP contribution in [0.15, 0.2) is 53.5 Å². The average Bonchev–Trinajstić information content (AvgIpc) is 2.69. The number of anilines is 1. The molecule has 0 saturated heterocycles. The van der Waals surface area contributed by atoms with E-state index in [2.05, 4.69) is 52.7 Å². The van der Waals surface area contributed by atoms with Crippen molar-refractivity contribution in [2.24, 2.45) is 4.99 Å². The molecule has 0 radical (unpaired) electrons. The third kappa shape index (κ3) is 2.45. The van der Waals surface area contributed by atoms with Crippen molar-refractivity contribution in [1.82, 2.24) is 5.43 Å². The molecular weight excluding hydrogens is 234 g/mol. The lowest BCUT2D eigenvalue weighted by atomic mass is 10.1. The molecule has 3 nitrogen and oxygen atoms in total. The molecule has 96 valence electrons. The summed E-state index contributed by atoms with van der Waals surface area (Å²) in [7, 11) is 0. The first-order valence-electron chi connectivity index (χ1n) is 6.60. The third-order valence-corrected chi connectivity index (χ3v) is 3.37. The second-order valence-electron chi connectivity index (χ2n) is 4.63. The zero-order chi connectivity index (χ0) is 13.1. The van der Waals surface area contributed by atoms with E-state index < -0.39 is 0 Å². The molecule has 1 heterocycles. The maximum atomic E-state index is 4.46. The van der Waals surface area contributed by atoms with Crippen molar-refractivity contribution in [2.75, 3.05) is 5.01 Å². The Morgan fingerprint density at radius 2 is 2.00 bits per heavy atom. The fourth-order valence-corrected chi connectivity index (χ4v) is 2.27. The highest BCUT2D eigenvalue weighted by Gasteiger charge is 2.12. The summed E-state index contributed by atoms with van der Waals surface area (Å²) in [5.41, 5.74) is 8.02. The molecule has 1 aliphatic heterocycles. The molecule has 0 spiro atoms. The molecule has 0 fully saturated rings. The highest BCUT2D eigenvalue weighted by atomic mass is 15.5. The third-order valence-electron chi connectivity index (χ3n) is 3.37. The smallest absolute Gasteiger partial charge is 0.107 e. The zero-order valence-electron chi connectivity index (χ0n) is 11.0. The van der Waals surface area contributed by atoms with Gasteiger partial charge in [0.1, 0.15) is 6.34 Å². The predicted molar refractivity (Wildman–Crippen MR) is 79.7 cm³/mol. The number of nitrogens with one attached hydrogen (secondary N) is 1. The lowest BCUT2D eigenvalue weighted by Gasteiger charge is -2.23. The first kappa shape index (κ1) is 11.8. The molecule has 3 heteroatoms. The quantitative estimate of drug-likeness (QED) is 0.885. The van der Waals surface area contributed by atoms with Crippen LogP contribution in [0.4, 0.5) is 11.4 Å². The van der Waals surface area contributed by atoms with Gasteiger partial charge in [-0.3, -0.25) is 10.4 Å². The Balaban J connectivity index is 1.95. The van der Waals surface area contributed by atoms with Gasteiger partial charge in [0.2, 0.25) is 0 Å². The summed E-state index contributed by atoms with van der Waals surface area (Å²) >= 11 is 0. The first-order valence-corrected chi connectivity index (χ1v) is 6.60. The summed E-state index contributed by atoms with van der Waals surface area (Å²) in [6.07, 6.45) is 2.81. The molecule has 2 aromatic rings. The SMILES string of the molecule is CCc1ccc2c(c1)CN(c1ccccc1)NC=N2. The summed E-state index contributed by atoms with van der Waals surface area (Å²) in [6, 6.07) is 16.8. The topological polar surface area (TPSA) is 27.6 Å². The number of nitrogens with zero attached hydrogens (tertiary/aromatic N) is 2. The van der Waals surface area contributed by atoms with Gasteiger partial charge in [0.05, 0.1) is 17.9 Å². The van der Waals surface area contributed by atoms with E-state index >= 15 is 0 Å². The van der Waals surface area contributed by atoms with E-state index in [0.29, 0.717) is 0 Å². The number of fused-ring (bicyclic) bond motifs is 1. The van der Waals surface area contributed by atoms with Crippen LogP contribution in [0.3, 0.4) is 0 Å². The van der Waals surface area contributed by atoms with Crippen LogP contribution in [0.2, 0.25) is 0 Å². The second kappa shape index (κ2) is 5.14. The van der Waals surface area contributed by atoms with Gasteiger partial charge < -0.3 is 0 Å². The van der Waals surface area contributed by atoms with Crippen molar-refractivity contribution in [2.45, 2.75) is 19.9 Å². The lowest BCUT2D eigenvalue weighted by Crippen LogP contribution is -2.35. The fourth-order valence-electron chi connectivity index (χ4n) is 2.27. The van der Waals surface area contributed by atoms with Gasteiger partial charge in [-0.05, 0) is 35.7 Å². The highest BCUT2D eigenvalue weighted by molar-refractivity contribution is 5.68. The van der Waals surface area contributed by atoms with E-state index in [4.69, 9.17) is 0 Å². The van der Waals surface area contributed by atoms with E-state index in [0.717, 1.165) is 24.3 Å². The van der Waals surface area contributed by atoms with E-state index in [1.807, 2.05) is 18.2 Å². The number of hydrogen-bond donors (Lipinski definition) is 1. The zero-order valence-corrected chi connectivity index (χ0v) is 11.0. The fraction of sp³-hybridized carbons (Fsp3) is 0.188. The molecule has 0 atom stereocenters. The molecule has 0 amide bonds. The molecular formula is C16H17N3. The Bertz CT molecular complexity index is 590. The second-order valence-corrected chi connectivity index (χ2v) is 4.63. The number of rotatable bonds is 2. The summed E-state index contributed by atoms with van der Waals surface area (Å²) in [5.74, 6) is 0. The van der Waals surface area contributed by atoms with Gasteiger partial charge in [-0.25, -0.2) is 4.99 Å². The van der Waals surface area contributed by atoms with Crippen LogP contribution >= 0.6 is 0 Å². The van der Waals surface area contributed by atoms with Crippen LogP contribution in [-0.4, -0.2) is 6.34 Å². The van der Waals surface area contributed by atoms with Crippen molar-refractivity contribution in [3.8, 4) is 0 Å². The Labute approximate surface area is 113 Å². The Hall–Kier alpha value is -2.29. The van der Waals surface area contributed by atoms with Gasteiger partial charge >= 0.3 is 0 Å². The van der Waals surface area contributed by atoms with Crippen molar-refractivity contribution < 1.29 is 0 Å². The van der Waals surface area contributed by atoms with Crippen molar-refractivity contribution in [1.29, 1.82) is 0 Å². The monoisotopic (exact) mass is 251 g/mol. The number of aryl methyl sites for hydroxylation is 1. The van der Waals surface area contributed by atoms with Crippen LogP contribution in [0.25, 0.3) is 0 Å². The van der Waals surface area contributed by atoms with Gasteiger partial charge in [0, 0.05) is 0 Å². The van der Waals surface area contributed by atoms with Gasteiger partial charge in [0.25, 0.3) is 0 Å². The molecule has 0 aromatic heterocycles. The first-order chi connectivity index (χ1) is 9.36. The van der Waals surface area contributed by atoms with Crippen molar-refractivity contribution in [3.05, 3.63) is 59.7 Å². The molecule has 0 unspecified atom stereocenters. The molecule has 19 heavy (non-hydrogen) atoms. The van der Waals surface area contributed by atoms with Gasteiger partial charge in [-0.1, -0.05) is 37.3 Å². The largest absolute Gasteiger partial charge is 0.287 e. The maximum Gasteiger partial charge on any atom is 0.107 e. The highest BCUT2D eigenvalue weighted by Crippen LogP contribution is 2.25. The standard InChI is InChI=1S/C16H17N3/c1-2-13-8-9-16-14(10-13)11-19(18-12-17-16)15-6-4-3-5-7-15/h3-10,12H,2,11H2,1H3,(H,17,18). The van der Waals surface area contributed by atoms with E-state index in [9.17, 15) is 0 Å². The minimum absolute atomic E-state index is 0.813. The summed E-state index contributed by atoms with van der Waals surface area (Å²) in [5, 5.41) is 2.11. The van der Waals surface area contributed by atoms with Crippen LogP contribution in [0.5, 0.6) is 0 Å². The minimum Gasteiger partial charge on any atom is -0.287 e. The Morgan fingerprint density at radius 3 is 2.79 bits per heavy atom. The average molecular weight is 251 g/mol. The van der Waals surface area contributed by atoms with Crippen LogP contribution in [-0.2, 0) is 13.0 Å². The molecule has 1 N–H and O–H groups in total. The van der Waals surface area contributed by atoms with E-state index in [1.54, 1.807) is 6.34 Å². The number of benzene rings is 2. The van der Waals surface area contributed by atoms with Crippen LogP contribution in [0.1, 0.15) is 18.1 Å². The van der Waals surface area contributed by atoms with Crippen LogP contribution < -0.4 is 10.4 Å². The molecule has 2 aromatic carbocycles. The van der Waals surface area contributed by atoms with Crippen LogP contribution in [0, 0.1) is 0 Å². The van der Waals surface area contributed by atoms with Gasteiger partial charge in [-0.15, -0.1) is 0 Å². The lowest BCUT2D eigenvalue weighted by molar-refractivity contribution is 0.782. The molecule has 0 bridgehead atoms. The molecule has 0 saturated carbocycles. The normalized spacial score (nSPS) is 13.6. The summed E-state index contributed by atoms with van der Waals surface area (Å²) in [4.78, 5) is 4.46. The molecule has 1 aliphatic rings. The van der Waals surface area contributed by atoms with Gasteiger partial charge in [0.15, 0.2) is 0 Å².